The summed E-state index contributed by atoms with van der Waals surface area (Å²) in [7, 11) is 0. The van der Waals surface area contributed by atoms with E-state index in [1.807, 2.05) is 0 Å². The molecule has 1 spiro atoms. The van der Waals surface area contributed by atoms with Crippen LogP contribution in [0.1, 0.15) is 31.1 Å². The third-order valence-corrected chi connectivity index (χ3v) is 7.09. The van der Waals surface area contributed by atoms with Gasteiger partial charge in [-0.1, -0.05) is 25.1 Å². The van der Waals surface area contributed by atoms with Gasteiger partial charge in [-0.05, 0) is 43.9 Å². The smallest absolute Gasteiger partial charge is 0.140 e. The number of anilines is 2. The van der Waals surface area contributed by atoms with Crippen molar-refractivity contribution in [3.05, 3.63) is 47.6 Å². The first kappa shape index (κ1) is 16.1. The van der Waals surface area contributed by atoms with E-state index in [9.17, 15) is 0 Å². The molecule has 2 aliphatic rings. The Morgan fingerprint density at radius 2 is 2.08 bits per heavy atom. The molecule has 0 amide bonds. The minimum Gasteiger partial charge on any atom is -0.382 e. The van der Waals surface area contributed by atoms with E-state index in [0.29, 0.717) is 11.5 Å². The number of benzene rings is 1. The first-order valence-corrected chi connectivity index (χ1v) is 10.4. The maximum atomic E-state index is 4.62. The molecular weight excluding hydrogens is 340 g/mol. The lowest BCUT2D eigenvalue weighted by molar-refractivity contribution is 0.219. The number of hydrogen-bond donors (Lipinski definition) is 1. The van der Waals surface area contributed by atoms with Gasteiger partial charge in [0.05, 0.1) is 5.39 Å². The average Bonchev–Trinajstić information content (AvgIpc) is 3.25. The Morgan fingerprint density at radius 1 is 1.23 bits per heavy atom. The van der Waals surface area contributed by atoms with Crippen LogP contribution in [0.4, 0.5) is 11.5 Å². The van der Waals surface area contributed by atoms with Gasteiger partial charge in [0.2, 0.25) is 0 Å². The summed E-state index contributed by atoms with van der Waals surface area (Å²) >= 11 is 1.80. The van der Waals surface area contributed by atoms with Crippen molar-refractivity contribution >= 4 is 33.1 Å². The topological polar surface area (TPSA) is 41.0 Å². The van der Waals surface area contributed by atoms with Crippen LogP contribution in [0.5, 0.6) is 0 Å². The fourth-order valence-electron chi connectivity index (χ4n) is 4.62. The van der Waals surface area contributed by atoms with Gasteiger partial charge in [0.25, 0.3) is 0 Å². The summed E-state index contributed by atoms with van der Waals surface area (Å²) in [6.07, 6.45) is 6.63. The van der Waals surface area contributed by atoms with E-state index in [0.717, 1.165) is 30.2 Å². The van der Waals surface area contributed by atoms with Crippen molar-refractivity contribution in [2.45, 2.75) is 38.6 Å². The molecule has 3 aromatic rings. The van der Waals surface area contributed by atoms with Gasteiger partial charge in [-0.15, -0.1) is 11.3 Å². The Morgan fingerprint density at radius 3 is 2.88 bits per heavy atom. The second kappa shape index (κ2) is 6.23. The number of rotatable bonds is 4. The molecule has 4 nitrogen and oxygen atoms in total. The lowest BCUT2D eigenvalue weighted by Gasteiger charge is -2.49. The van der Waals surface area contributed by atoms with Gasteiger partial charge in [-0.25, -0.2) is 9.97 Å². The summed E-state index contributed by atoms with van der Waals surface area (Å²) < 4.78 is 0. The SMILES string of the molecule is CCc1cc2c(N3CC4(CCC(Nc5ccccc5)C4)C3)ncnc2s1. The molecule has 5 rings (SSSR count). The van der Waals surface area contributed by atoms with Crippen molar-refractivity contribution in [3.8, 4) is 0 Å². The number of nitrogens with zero attached hydrogens (tertiary/aromatic N) is 3. The second-order valence-electron chi connectivity index (χ2n) is 7.79. The van der Waals surface area contributed by atoms with Crippen molar-refractivity contribution in [2.75, 3.05) is 23.3 Å². The molecule has 1 unspecified atom stereocenters. The van der Waals surface area contributed by atoms with Gasteiger partial charge in [0.1, 0.15) is 17.0 Å². The fourth-order valence-corrected chi connectivity index (χ4v) is 5.55. The van der Waals surface area contributed by atoms with Crippen molar-refractivity contribution in [3.63, 3.8) is 0 Å². The van der Waals surface area contributed by atoms with Crippen LogP contribution >= 0.6 is 11.3 Å². The van der Waals surface area contributed by atoms with E-state index >= 15 is 0 Å². The molecular formula is C21H24N4S. The van der Waals surface area contributed by atoms with Crippen LogP contribution in [-0.2, 0) is 6.42 Å². The third kappa shape index (κ3) is 2.75. The molecule has 1 saturated carbocycles. The summed E-state index contributed by atoms with van der Waals surface area (Å²) in [6.45, 7) is 4.46. The van der Waals surface area contributed by atoms with Crippen LogP contribution in [0.25, 0.3) is 10.2 Å². The van der Waals surface area contributed by atoms with Crippen LogP contribution in [0.2, 0.25) is 0 Å². The first-order chi connectivity index (χ1) is 12.7. The van der Waals surface area contributed by atoms with E-state index in [1.54, 1.807) is 17.7 Å². The number of aromatic nitrogens is 2. The van der Waals surface area contributed by atoms with Crippen molar-refractivity contribution in [1.82, 2.24) is 9.97 Å². The molecule has 1 saturated heterocycles. The van der Waals surface area contributed by atoms with E-state index in [-0.39, 0.29) is 0 Å². The normalized spacial score (nSPS) is 21.3. The Bertz CT molecular complexity index is 914. The molecule has 1 N–H and O–H groups in total. The van der Waals surface area contributed by atoms with Crippen molar-refractivity contribution in [1.29, 1.82) is 0 Å². The lowest BCUT2D eigenvalue weighted by Crippen LogP contribution is -2.56. The third-order valence-electron chi connectivity index (χ3n) is 5.91. The molecule has 1 aromatic carbocycles. The number of aryl methyl sites for hydroxylation is 1. The molecule has 0 bridgehead atoms. The predicted molar refractivity (Wildman–Crippen MR) is 109 cm³/mol. The highest BCUT2D eigenvalue weighted by atomic mass is 32.1. The van der Waals surface area contributed by atoms with Crippen molar-refractivity contribution < 1.29 is 0 Å². The van der Waals surface area contributed by atoms with Gasteiger partial charge in [0, 0.05) is 35.1 Å². The van der Waals surface area contributed by atoms with Gasteiger partial charge >= 0.3 is 0 Å². The quantitative estimate of drug-likeness (QED) is 0.727. The molecule has 2 fully saturated rings. The molecule has 0 radical (unpaired) electrons. The van der Waals surface area contributed by atoms with Gasteiger partial charge in [-0.2, -0.15) is 0 Å². The first-order valence-electron chi connectivity index (χ1n) is 9.55. The monoisotopic (exact) mass is 364 g/mol. The summed E-state index contributed by atoms with van der Waals surface area (Å²) in [5, 5.41) is 4.95. The van der Waals surface area contributed by atoms with Crippen LogP contribution in [0.3, 0.4) is 0 Å². The maximum absolute atomic E-state index is 4.62. The van der Waals surface area contributed by atoms with E-state index in [1.165, 1.54) is 35.2 Å². The highest BCUT2D eigenvalue weighted by molar-refractivity contribution is 7.18. The maximum Gasteiger partial charge on any atom is 0.140 e. The number of nitrogens with one attached hydrogen (secondary N) is 1. The minimum absolute atomic E-state index is 0.466. The highest BCUT2D eigenvalue weighted by Gasteiger charge is 2.48. The molecule has 3 heterocycles. The zero-order chi connectivity index (χ0) is 17.6. The highest BCUT2D eigenvalue weighted by Crippen LogP contribution is 2.48. The van der Waals surface area contributed by atoms with E-state index < -0.39 is 0 Å². The predicted octanol–water partition coefficient (Wildman–Crippen LogP) is 4.72. The van der Waals surface area contributed by atoms with Crippen LogP contribution < -0.4 is 10.2 Å². The molecule has 5 heteroatoms. The Hall–Kier alpha value is -2.14. The lowest BCUT2D eigenvalue weighted by atomic mass is 9.78. The summed E-state index contributed by atoms with van der Waals surface area (Å²) in [5.41, 5.74) is 1.71. The molecule has 1 atom stereocenters. The van der Waals surface area contributed by atoms with Gasteiger partial charge in [0.15, 0.2) is 0 Å². The van der Waals surface area contributed by atoms with Crippen LogP contribution in [0.15, 0.2) is 42.7 Å². The molecule has 26 heavy (non-hydrogen) atoms. The number of thiophene rings is 1. The number of fused-ring (bicyclic) bond motifs is 1. The number of para-hydroxylation sites is 1. The minimum atomic E-state index is 0.466. The Balaban J connectivity index is 1.28. The summed E-state index contributed by atoms with van der Waals surface area (Å²) in [4.78, 5) is 14.1. The summed E-state index contributed by atoms with van der Waals surface area (Å²) in [5.74, 6) is 1.14. The molecule has 2 aromatic heterocycles. The fraction of sp³-hybridized carbons (Fsp3) is 0.429. The van der Waals surface area contributed by atoms with Gasteiger partial charge < -0.3 is 10.2 Å². The van der Waals surface area contributed by atoms with Crippen LogP contribution in [-0.4, -0.2) is 29.1 Å². The molecule has 134 valence electrons. The van der Waals surface area contributed by atoms with Crippen molar-refractivity contribution in [2.24, 2.45) is 5.41 Å². The van der Waals surface area contributed by atoms with E-state index in [2.05, 4.69) is 63.5 Å². The Labute approximate surface area is 158 Å². The second-order valence-corrected chi connectivity index (χ2v) is 8.90. The zero-order valence-electron chi connectivity index (χ0n) is 15.1. The van der Waals surface area contributed by atoms with Crippen LogP contribution in [0, 0.1) is 5.41 Å². The standard InChI is InChI=1S/C21H24N4S/c1-2-17-10-18-19(22-14-23-20(18)26-17)25-12-21(13-25)9-8-16(11-21)24-15-6-4-3-5-7-15/h3-7,10,14,16,24H,2,8-9,11-13H2,1H3. The largest absolute Gasteiger partial charge is 0.382 e. The number of hydrogen-bond acceptors (Lipinski definition) is 5. The Kier molecular flexibility index (Phi) is 3.85. The van der Waals surface area contributed by atoms with Gasteiger partial charge in [-0.3, -0.25) is 0 Å². The van der Waals surface area contributed by atoms with E-state index in [4.69, 9.17) is 0 Å². The molecule has 1 aliphatic heterocycles. The summed E-state index contributed by atoms with van der Waals surface area (Å²) in [6, 6.07) is 13.5. The molecule has 1 aliphatic carbocycles. The zero-order valence-corrected chi connectivity index (χ0v) is 15.9. The average molecular weight is 365 g/mol.